The average Bonchev–Trinajstić information content (AvgIpc) is 3.15. The number of benzene rings is 1. The van der Waals surface area contributed by atoms with Crippen LogP contribution in [0.3, 0.4) is 0 Å². The Morgan fingerprint density at radius 2 is 2.04 bits per heavy atom. The number of piperidine rings is 1. The lowest BCUT2D eigenvalue weighted by atomic mass is 10.1. The number of hydrogen-bond acceptors (Lipinski definition) is 6. The topological polar surface area (TPSA) is 46.6 Å². The van der Waals surface area contributed by atoms with Gasteiger partial charge in [-0.1, -0.05) is 12.1 Å². The molecule has 0 saturated carbocycles. The van der Waals surface area contributed by atoms with Gasteiger partial charge < -0.3 is 19.7 Å². The highest BCUT2D eigenvalue weighted by molar-refractivity contribution is 7.13. The average molecular weight is 331 g/mol. The van der Waals surface area contributed by atoms with Crippen LogP contribution in [0.2, 0.25) is 0 Å². The number of fused-ring (bicyclic) bond motifs is 1. The molecule has 4 rings (SSSR count). The predicted molar refractivity (Wildman–Crippen MR) is 91.7 cm³/mol. The first-order valence-corrected chi connectivity index (χ1v) is 9.03. The molecule has 0 radical (unpaired) electrons. The maximum absolute atomic E-state index is 6.00. The Kier molecular flexibility index (Phi) is 4.35. The monoisotopic (exact) mass is 331 g/mol. The van der Waals surface area contributed by atoms with Crippen molar-refractivity contribution in [3.63, 3.8) is 0 Å². The highest BCUT2D eigenvalue weighted by atomic mass is 32.1. The van der Waals surface area contributed by atoms with Crippen molar-refractivity contribution in [2.24, 2.45) is 0 Å². The van der Waals surface area contributed by atoms with Crippen molar-refractivity contribution in [1.82, 2.24) is 10.3 Å². The first kappa shape index (κ1) is 14.8. The molecule has 0 spiro atoms. The lowest BCUT2D eigenvalue weighted by Gasteiger charge is -2.33. The molecule has 2 aliphatic rings. The summed E-state index contributed by atoms with van der Waals surface area (Å²) < 4.78 is 11.8. The Labute approximate surface area is 140 Å². The van der Waals surface area contributed by atoms with E-state index in [-0.39, 0.29) is 6.10 Å². The van der Waals surface area contributed by atoms with E-state index in [0.29, 0.717) is 12.6 Å². The van der Waals surface area contributed by atoms with Crippen LogP contribution in [0.5, 0.6) is 11.5 Å². The minimum Gasteiger partial charge on any atom is -0.486 e. The number of anilines is 1. The fourth-order valence-corrected chi connectivity index (χ4v) is 3.81. The number of para-hydroxylation sites is 2. The number of aromatic nitrogens is 1. The number of hydrogen-bond donors (Lipinski definition) is 1. The molecule has 23 heavy (non-hydrogen) atoms. The summed E-state index contributed by atoms with van der Waals surface area (Å²) in [6, 6.07) is 8.41. The molecule has 1 atom stereocenters. The molecular weight excluding hydrogens is 310 g/mol. The lowest BCUT2D eigenvalue weighted by molar-refractivity contribution is 0.0873. The standard InChI is InChI=1S/C17H21N3O2S/c1-2-4-16-15(3-1)21-12-14(22-16)11-19-13-5-8-20(9-6-13)17-18-7-10-23-17/h1-4,7,10,13-14,19H,5-6,8-9,11-12H2/t14-/m0/s1. The number of nitrogens with zero attached hydrogens (tertiary/aromatic N) is 2. The second-order valence-corrected chi connectivity index (χ2v) is 6.85. The molecule has 6 heteroatoms. The van der Waals surface area contributed by atoms with E-state index in [1.165, 1.54) is 0 Å². The zero-order valence-electron chi connectivity index (χ0n) is 13.0. The number of nitrogens with one attached hydrogen (secondary N) is 1. The summed E-state index contributed by atoms with van der Waals surface area (Å²) in [6.07, 6.45) is 4.25. The van der Waals surface area contributed by atoms with Gasteiger partial charge in [0.1, 0.15) is 12.7 Å². The van der Waals surface area contributed by atoms with Gasteiger partial charge in [-0.25, -0.2) is 4.98 Å². The quantitative estimate of drug-likeness (QED) is 0.933. The van der Waals surface area contributed by atoms with Gasteiger partial charge in [0.2, 0.25) is 0 Å². The van der Waals surface area contributed by atoms with Crippen molar-refractivity contribution in [3.05, 3.63) is 35.8 Å². The Hall–Kier alpha value is -1.79. The van der Waals surface area contributed by atoms with E-state index in [1.54, 1.807) is 11.3 Å². The molecule has 0 amide bonds. The van der Waals surface area contributed by atoms with E-state index >= 15 is 0 Å². The van der Waals surface area contributed by atoms with Crippen molar-refractivity contribution in [2.75, 3.05) is 31.1 Å². The summed E-state index contributed by atoms with van der Waals surface area (Å²) in [6.45, 7) is 3.57. The van der Waals surface area contributed by atoms with Gasteiger partial charge in [-0.15, -0.1) is 11.3 Å². The molecule has 1 fully saturated rings. The van der Waals surface area contributed by atoms with Crippen LogP contribution in [-0.2, 0) is 0 Å². The van der Waals surface area contributed by atoms with Gasteiger partial charge in [0.05, 0.1) is 0 Å². The zero-order valence-corrected chi connectivity index (χ0v) is 13.8. The van der Waals surface area contributed by atoms with Crippen LogP contribution in [0.1, 0.15) is 12.8 Å². The fourth-order valence-electron chi connectivity index (χ4n) is 3.11. The van der Waals surface area contributed by atoms with Crippen LogP contribution >= 0.6 is 11.3 Å². The molecule has 2 aliphatic heterocycles. The largest absolute Gasteiger partial charge is 0.486 e. The van der Waals surface area contributed by atoms with E-state index in [1.807, 2.05) is 35.8 Å². The van der Waals surface area contributed by atoms with Gasteiger partial charge in [-0.2, -0.15) is 0 Å². The van der Waals surface area contributed by atoms with E-state index in [9.17, 15) is 0 Å². The molecule has 1 aromatic carbocycles. The van der Waals surface area contributed by atoms with Gasteiger partial charge in [0.25, 0.3) is 0 Å². The second kappa shape index (κ2) is 6.76. The van der Waals surface area contributed by atoms with E-state index in [4.69, 9.17) is 9.47 Å². The zero-order chi connectivity index (χ0) is 15.5. The normalized spacial score (nSPS) is 21.4. The maximum atomic E-state index is 6.00. The highest BCUT2D eigenvalue weighted by Crippen LogP contribution is 2.30. The third kappa shape index (κ3) is 3.43. The van der Waals surface area contributed by atoms with Crippen LogP contribution in [-0.4, -0.2) is 43.4 Å². The van der Waals surface area contributed by atoms with Gasteiger partial charge in [-0.3, -0.25) is 0 Å². The number of ether oxygens (including phenoxy) is 2. The van der Waals surface area contributed by atoms with Gasteiger partial charge in [0, 0.05) is 37.3 Å². The minimum atomic E-state index is 0.0851. The van der Waals surface area contributed by atoms with Crippen molar-refractivity contribution < 1.29 is 9.47 Å². The molecule has 0 aliphatic carbocycles. The maximum Gasteiger partial charge on any atom is 0.185 e. The molecule has 3 heterocycles. The van der Waals surface area contributed by atoms with Crippen LogP contribution in [0, 0.1) is 0 Å². The van der Waals surface area contributed by atoms with Crippen molar-refractivity contribution >= 4 is 16.5 Å². The molecule has 1 N–H and O–H groups in total. The SMILES string of the molecule is c1ccc2c(c1)OC[C@H](CNC1CCN(c3nccs3)CC1)O2. The van der Waals surface area contributed by atoms with Crippen molar-refractivity contribution in [1.29, 1.82) is 0 Å². The third-order valence-corrected chi connectivity index (χ3v) is 5.22. The van der Waals surface area contributed by atoms with E-state index in [2.05, 4.69) is 15.2 Å². The number of thiazole rings is 1. The molecule has 1 saturated heterocycles. The Morgan fingerprint density at radius 1 is 1.22 bits per heavy atom. The fraction of sp³-hybridized carbons (Fsp3) is 0.471. The first-order valence-electron chi connectivity index (χ1n) is 8.15. The summed E-state index contributed by atoms with van der Waals surface area (Å²) in [5.41, 5.74) is 0. The minimum absolute atomic E-state index is 0.0851. The van der Waals surface area contributed by atoms with Crippen molar-refractivity contribution in [3.8, 4) is 11.5 Å². The van der Waals surface area contributed by atoms with Gasteiger partial charge in [0.15, 0.2) is 16.6 Å². The molecule has 2 aromatic rings. The summed E-state index contributed by atoms with van der Waals surface area (Å²) >= 11 is 1.72. The summed E-state index contributed by atoms with van der Waals surface area (Å²) in [7, 11) is 0. The van der Waals surface area contributed by atoms with Crippen LogP contribution < -0.4 is 19.7 Å². The van der Waals surface area contributed by atoms with E-state index in [0.717, 1.165) is 49.1 Å². The van der Waals surface area contributed by atoms with Crippen LogP contribution in [0.25, 0.3) is 0 Å². The smallest absolute Gasteiger partial charge is 0.185 e. The summed E-state index contributed by atoms with van der Waals surface area (Å²) in [4.78, 5) is 6.77. The second-order valence-electron chi connectivity index (χ2n) is 5.98. The molecule has 1 aromatic heterocycles. The van der Waals surface area contributed by atoms with E-state index < -0.39 is 0 Å². The first-order chi connectivity index (χ1) is 11.4. The summed E-state index contributed by atoms with van der Waals surface area (Å²) in [5.74, 6) is 1.70. The third-order valence-electron chi connectivity index (χ3n) is 4.39. The predicted octanol–water partition coefficient (Wildman–Crippen LogP) is 2.54. The highest BCUT2D eigenvalue weighted by Gasteiger charge is 2.24. The molecule has 122 valence electrons. The molecule has 0 unspecified atom stereocenters. The van der Waals surface area contributed by atoms with Crippen LogP contribution in [0.15, 0.2) is 35.8 Å². The van der Waals surface area contributed by atoms with Gasteiger partial charge >= 0.3 is 0 Å². The molecular formula is C17H21N3O2S. The van der Waals surface area contributed by atoms with Crippen molar-refractivity contribution in [2.45, 2.75) is 25.0 Å². The number of rotatable bonds is 4. The summed E-state index contributed by atoms with van der Waals surface area (Å²) in [5, 5.41) is 6.82. The molecule has 5 nitrogen and oxygen atoms in total. The Balaban J connectivity index is 1.24. The van der Waals surface area contributed by atoms with Gasteiger partial charge in [-0.05, 0) is 25.0 Å². The lowest BCUT2D eigenvalue weighted by Crippen LogP contribution is -2.47. The van der Waals surface area contributed by atoms with Crippen LogP contribution in [0.4, 0.5) is 5.13 Å². The molecule has 0 bridgehead atoms. The Bertz CT molecular complexity index is 627. The Morgan fingerprint density at radius 3 is 2.83 bits per heavy atom.